The van der Waals surface area contributed by atoms with E-state index in [0.29, 0.717) is 24.4 Å². The van der Waals surface area contributed by atoms with Crippen molar-refractivity contribution in [2.45, 2.75) is 46.5 Å². The molecule has 2 fully saturated rings. The maximum atomic E-state index is 12.9. The van der Waals surface area contributed by atoms with Gasteiger partial charge in [0.1, 0.15) is 5.75 Å². The lowest BCUT2D eigenvalue weighted by Gasteiger charge is -2.27. The first-order chi connectivity index (χ1) is 13.3. The largest absolute Gasteiger partial charge is 0.483 e. The molecule has 1 atom stereocenters. The van der Waals surface area contributed by atoms with Crippen molar-refractivity contribution >= 4 is 11.8 Å². The van der Waals surface area contributed by atoms with Crippen LogP contribution in [0.3, 0.4) is 0 Å². The minimum atomic E-state index is 0.0115. The average Bonchev–Trinajstić information content (AvgIpc) is 3.10. The predicted molar refractivity (Wildman–Crippen MR) is 110 cm³/mol. The van der Waals surface area contributed by atoms with Crippen molar-refractivity contribution < 1.29 is 14.3 Å². The number of carbonyl (C=O) groups excluding carboxylic acids is 2. The molecule has 2 aliphatic heterocycles. The van der Waals surface area contributed by atoms with Gasteiger partial charge < -0.3 is 20.3 Å². The van der Waals surface area contributed by atoms with Crippen LogP contribution in [0.5, 0.6) is 5.75 Å². The predicted octanol–water partition coefficient (Wildman–Crippen LogP) is 2.51. The molecule has 2 heterocycles. The number of aryl methyl sites for hydroxylation is 2. The molecule has 6 heteroatoms. The fraction of sp³-hybridized carbons (Fsp3) is 0.636. The second-order valence-corrected chi connectivity index (χ2v) is 8.66. The van der Waals surface area contributed by atoms with Gasteiger partial charge in [0.15, 0.2) is 6.61 Å². The molecular formula is C22H33N3O3. The van der Waals surface area contributed by atoms with Gasteiger partial charge in [-0.2, -0.15) is 0 Å². The second-order valence-electron chi connectivity index (χ2n) is 8.66. The van der Waals surface area contributed by atoms with Crippen LogP contribution in [0.15, 0.2) is 12.1 Å². The van der Waals surface area contributed by atoms with Crippen LogP contribution in [0, 0.1) is 19.3 Å². The van der Waals surface area contributed by atoms with Gasteiger partial charge >= 0.3 is 0 Å². The second kappa shape index (κ2) is 8.52. The van der Waals surface area contributed by atoms with E-state index < -0.39 is 0 Å². The number of benzene rings is 1. The number of amides is 2. The fourth-order valence-electron chi connectivity index (χ4n) is 4.22. The topological polar surface area (TPSA) is 75.9 Å². The smallest absolute Gasteiger partial charge is 0.260 e. The minimum Gasteiger partial charge on any atom is -0.483 e. The summed E-state index contributed by atoms with van der Waals surface area (Å²) in [5.74, 6) is 0.784. The van der Waals surface area contributed by atoms with Crippen LogP contribution in [-0.4, -0.2) is 60.9 Å². The van der Waals surface area contributed by atoms with Crippen LogP contribution in [0.4, 0.5) is 0 Å². The van der Waals surface area contributed by atoms with Gasteiger partial charge in [-0.25, -0.2) is 0 Å². The minimum absolute atomic E-state index is 0.0115. The summed E-state index contributed by atoms with van der Waals surface area (Å²) in [7, 11) is 0. The van der Waals surface area contributed by atoms with E-state index in [2.05, 4.69) is 6.92 Å². The third-order valence-corrected chi connectivity index (χ3v) is 6.09. The molecular weight excluding hydrogens is 354 g/mol. The van der Waals surface area contributed by atoms with E-state index in [4.69, 9.17) is 10.5 Å². The summed E-state index contributed by atoms with van der Waals surface area (Å²) in [6.45, 7) is 9.72. The van der Waals surface area contributed by atoms with Crippen molar-refractivity contribution in [2.75, 3.05) is 39.3 Å². The van der Waals surface area contributed by atoms with E-state index >= 15 is 0 Å². The van der Waals surface area contributed by atoms with Crippen LogP contribution in [0.25, 0.3) is 0 Å². The van der Waals surface area contributed by atoms with E-state index in [1.165, 1.54) is 6.42 Å². The van der Waals surface area contributed by atoms with Gasteiger partial charge in [-0.05, 0) is 74.8 Å². The number of nitrogens with two attached hydrogens (primary N) is 1. The summed E-state index contributed by atoms with van der Waals surface area (Å²) < 4.78 is 5.86. The monoisotopic (exact) mass is 387 g/mol. The van der Waals surface area contributed by atoms with Crippen molar-refractivity contribution in [3.63, 3.8) is 0 Å². The molecule has 1 aromatic carbocycles. The third kappa shape index (κ3) is 4.49. The summed E-state index contributed by atoms with van der Waals surface area (Å²) in [5.41, 5.74) is 8.32. The Morgan fingerprint density at radius 1 is 1.07 bits per heavy atom. The molecule has 2 saturated heterocycles. The highest BCUT2D eigenvalue weighted by Crippen LogP contribution is 2.31. The van der Waals surface area contributed by atoms with Crippen molar-refractivity contribution in [1.29, 1.82) is 0 Å². The third-order valence-electron chi connectivity index (χ3n) is 6.09. The van der Waals surface area contributed by atoms with Crippen molar-refractivity contribution in [1.82, 2.24) is 9.80 Å². The lowest BCUT2D eigenvalue weighted by molar-refractivity contribution is -0.134. The Balaban J connectivity index is 1.65. The first-order valence-corrected chi connectivity index (χ1v) is 10.3. The quantitative estimate of drug-likeness (QED) is 0.842. The van der Waals surface area contributed by atoms with Crippen LogP contribution in [0.2, 0.25) is 0 Å². The lowest BCUT2D eigenvalue weighted by Crippen LogP contribution is -2.38. The molecule has 0 bridgehead atoms. The number of hydrogen-bond donors (Lipinski definition) is 1. The standard InChI is InChI=1S/C22H33N3O3/c1-16-11-18(21(27)25-10-7-22(3,14-23)15-25)12-17(2)20(16)28-13-19(26)24-8-5-4-6-9-24/h11-12H,4-10,13-15,23H2,1-3H3. The van der Waals surface area contributed by atoms with Gasteiger partial charge in [0, 0.05) is 31.7 Å². The van der Waals surface area contributed by atoms with Gasteiger partial charge in [0.05, 0.1) is 0 Å². The number of carbonyl (C=O) groups is 2. The Kier molecular flexibility index (Phi) is 6.28. The Labute approximate surface area is 168 Å². The van der Waals surface area contributed by atoms with Crippen molar-refractivity contribution in [3.05, 3.63) is 28.8 Å². The van der Waals surface area contributed by atoms with E-state index in [1.54, 1.807) is 0 Å². The molecule has 0 radical (unpaired) electrons. The fourth-order valence-corrected chi connectivity index (χ4v) is 4.22. The normalized spacial score (nSPS) is 22.4. The molecule has 0 aliphatic carbocycles. The first kappa shape index (κ1) is 20.6. The highest BCUT2D eigenvalue weighted by atomic mass is 16.5. The zero-order valence-corrected chi connectivity index (χ0v) is 17.4. The SMILES string of the molecule is Cc1cc(C(=O)N2CCC(C)(CN)C2)cc(C)c1OCC(=O)N1CCCCC1. The highest BCUT2D eigenvalue weighted by molar-refractivity contribution is 5.95. The average molecular weight is 388 g/mol. The zero-order chi connectivity index (χ0) is 20.3. The number of piperidine rings is 1. The van der Waals surface area contributed by atoms with Gasteiger partial charge in [0.25, 0.3) is 11.8 Å². The zero-order valence-electron chi connectivity index (χ0n) is 17.4. The molecule has 1 aromatic rings. The number of likely N-dealkylation sites (tertiary alicyclic amines) is 2. The molecule has 2 N–H and O–H groups in total. The van der Waals surface area contributed by atoms with Crippen LogP contribution < -0.4 is 10.5 Å². The van der Waals surface area contributed by atoms with Crippen LogP contribution >= 0.6 is 0 Å². The van der Waals surface area contributed by atoms with E-state index in [9.17, 15) is 9.59 Å². The Morgan fingerprint density at radius 2 is 1.71 bits per heavy atom. The van der Waals surface area contributed by atoms with Crippen LogP contribution in [-0.2, 0) is 4.79 Å². The molecule has 0 spiro atoms. The molecule has 28 heavy (non-hydrogen) atoms. The lowest BCUT2D eigenvalue weighted by atomic mass is 9.90. The molecule has 0 saturated carbocycles. The first-order valence-electron chi connectivity index (χ1n) is 10.3. The summed E-state index contributed by atoms with van der Waals surface area (Å²) in [6.07, 6.45) is 4.27. The van der Waals surface area contributed by atoms with Crippen molar-refractivity contribution in [3.8, 4) is 5.75 Å². The molecule has 0 aromatic heterocycles. The number of ether oxygens (including phenoxy) is 1. The highest BCUT2D eigenvalue weighted by Gasteiger charge is 2.35. The summed E-state index contributed by atoms with van der Waals surface area (Å²) in [4.78, 5) is 29.1. The maximum absolute atomic E-state index is 12.9. The van der Waals surface area contributed by atoms with Crippen LogP contribution in [0.1, 0.15) is 54.1 Å². The number of nitrogens with zero attached hydrogens (tertiary/aromatic N) is 2. The Bertz CT molecular complexity index is 720. The number of hydrogen-bond acceptors (Lipinski definition) is 4. The number of rotatable bonds is 5. The van der Waals surface area contributed by atoms with E-state index in [1.807, 2.05) is 35.8 Å². The molecule has 6 nitrogen and oxygen atoms in total. The van der Waals surface area contributed by atoms with E-state index in [-0.39, 0.29) is 23.8 Å². The van der Waals surface area contributed by atoms with Gasteiger partial charge in [-0.1, -0.05) is 6.92 Å². The Morgan fingerprint density at radius 3 is 2.29 bits per heavy atom. The molecule has 1 unspecified atom stereocenters. The molecule has 2 aliphatic rings. The molecule has 3 rings (SSSR count). The summed E-state index contributed by atoms with van der Waals surface area (Å²) in [5, 5.41) is 0. The molecule has 154 valence electrons. The summed E-state index contributed by atoms with van der Waals surface area (Å²) >= 11 is 0. The molecule has 2 amide bonds. The van der Waals surface area contributed by atoms with Gasteiger partial charge in [0.2, 0.25) is 0 Å². The van der Waals surface area contributed by atoms with E-state index in [0.717, 1.165) is 50.0 Å². The Hall–Kier alpha value is -2.08. The van der Waals surface area contributed by atoms with Gasteiger partial charge in [-0.3, -0.25) is 9.59 Å². The summed E-state index contributed by atoms with van der Waals surface area (Å²) in [6, 6.07) is 3.74. The van der Waals surface area contributed by atoms with Crippen molar-refractivity contribution in [2.24, 2.45) is 11.1 Å². The van der Waals surface area contributed by atoms with Gasteiger partial charge in [-0.15, -0.1) is 0 Å². The maximum Gasteiger partial charge on any atom is 0.260 e.